The maximum Gasteiger partial charge on any atom is 0.247 e. The second-order valence-electron chi connectivity index (χ2n) is 6.50. The second kappa shape index (κ2) is 7.60. The van der Waals surface area contributed by atoms with Crippen molar-refractivity contribution in [2.75, 3.05) is 20.5 Å². The largest absolute Gasteiger partial charge is 0.497 e. The van der Waals surface area contributed by atoms with Crippen molar-refractivity contribution < 1.29 is 17.9 Å². The Morgan fingerprint density at radius 2 is 1.67 bits per heavy atom. The van der Waals surface area contributed by atoms with Gasteiger partial charge in [-0.2, -0.15) is 9.52 Å². The fourth-order valence-corrected chi connectivity index (χ4v) is 4.08. The molecular formula is C20H24N2O4S. The van der Waals surface area contributed by atoms with Gasteiger partial charge in [0.05, 0.1) is 32.2 Å². The number of nitrogens with zero attached hydrogens (tertiary/aromatic N) is 2. The number of hydrogen-bond acceptors (Lipinski definition) is 5. The minimum atomic E-state index is -3.53. The molecule has 0 fully saturated rings. The summed E-state index contributed by atoms with van der Waals surface area (Å²) in [5.41, 5.74) is 3.68. The lowest BCUT2D eigenvalue weighted by molar-refractivity contribution is 0.364. The van der Waals surface area contributed by atoms with Crippen LogP contribution in [0.2, 0.25) is 0 Å². The van der Waals surface area contributed by atoms with Gasteiger partial charge in [0.15, 0.2) is 0 Å². The lowest BCUT2D eigenvalue weighted by Crippen LogP contribution is -2.26. The highest BCUT2D eigenvalue weighted by Crippen LogP contribution is 2.37. The molecule has 2 aromatic carbocycles. The van der Waals surface area contributed by atoms with Crippen molar-refractivity contribution in [2.45, 2.75) is 25.8 Å². The zero-order valence-corrected chi connectivity index (χ0v) is 16.8. The van der Waals surface area contributed by atoms with Gasteiger partial charge in [0.25, 0.3) is 0 Å². The Labute approximate surface area is 160 Å². The Morgan fingerprint density at radius 3 is 2.15 bits per heavy atom. The summed E-state index contributed by atoms with van der Waals surface area (Å²) >= 11 is 0. The first kappa shape index (κ1) is 19.2. The van der Waals surface area contributed by atoms with E-state index in [1.54, 1.807) is 20.3 Å². The first-order valence-electron chi connectivity index (χ1n) is 8.75. The average Bonchev–Trinajstić information content (AvgIpc) is 3.13. The van der Waals surface area contributed by atoms with Crippen LogP contribution in [-0.4, -0.2) is 39.0 Å². The number of sulfonamides is 1. The van der Waals surface area contributed by atoms with Crippen molar-refractivity contribution >= 4 is 15.7 Å². The van der Waals surface area contributed by atoms with Crippen molar-refractivity contribution in [3.63, 3.8) is 0 Å². The normalized spacial score (nSPS) is 17.0. The van der Waals surface area contributed by atoms with Crippen molar-refractivity contribution in [2.24, 2.45) is 5.10 Å². The van der Waals surface area contributed by atoms with Gasteiger partial charge in [0.2, 0.25) is 10.0 Å². The minimum absolute atomic E-state index is 0.440. The maximum atomic E-state index is 12.4. The summed E-state index contributed by atoms with van der Waals surface area (Å²) in [7, 11) is -0.392. The third-order valence-electron chi connectivity index (χ3n) is 4.67. The molecule has 0 N–H and O–H groups in total. The monoisotopic (exact) mass is 388 g/mol. The van der Waals surface area contributed by atoms with E-state index in [-0.39, 0.29) is 0 Å². The molecule has 7 heteroatoms. The molecule has 27 heavy (non-hydrogen) atoms. The van der Waals surface area contributed by atoms with Gasteiger partial charge < -0.3 is 9.47 Å². The Morgan fingerprint density at radius 1 is 1.07 bits per heavy atom. The molecule has 0 saturated carbocycles. The molecule has 1 heterocycles. The molecule has 1 aliphatic heterocycles. The van der Waals surface area contributed by atoms with Gasteiger partial charge in [0, 0.05) is 12.5 Å². The van der Waals surface area contributed by atoms with E-state index in [1.165, 1.54) is 16.2 Å². The SMILES string of the molecule is CCc1ccc(C2=NN(S(C)(=O)=O)[C@H](c3cc(OC)cc(OC)c3)C2)cc1. The lowest BCUT2D eigenvalue weighted by atomic mass is 9.98. The fourth-order valence-electron chi connectivity index (χ4n) is 3.17. The molecule has 144 valence electrons. The molecule has 0 amide bonds. The van der Waals surface area contributed by atoms with Crippen LogP contribution in [0.25, 0.3) is 0 Å². The summed E-state index contributed by atoms with van der Waals surface area (Å²) < 4.78 is 36.6. The van der Waals surface area contributed by atoms with E-state index in [0.29, 0.717) is 17.9 Å². The third-order valence-corrected chi connectivity index (χ3v) is 5.68. The zero-order chi connectivity index (χ0) is 19.6. The highest BCUT2D eigenvalue weighted by Gasteiger charge is 2.35. The van der Waals surface area contributed by atoms with Crippen molar-refractivity contribution in [1.82, 2.24) is 4.41 Å². The van der Waals surface area contributed by atoms with Gasteiger partial charge in [0.1, 0.15) is 11.5 Å². The van der Waals surface area contributed by atoms with Crippen LogP contribution in [0.15, 0.2) is 47.6 Å². The first-order chi connectivity index (χ1) is 12.9. The summed E-state index contributed by atoms with van der Waals surface area (Å²) in [4.78, 5) is 0. The topological polar surface area (TPSA) is 68.2 Å². The molecule has 0 aromatic heterocycles. The molecule has 0 unspecified atom stereocenters. The summed E-state index contributed by atoms with van der Waals surface area (Å²) in [5.74, 6) is 1.22. The van der Waals surface area contributed by atoms with Crippen LogP contribution in [-0.2, 0) is 16.4 Å². The Kier molecular flexibility index (Phi) is 5.41. The van der Waals surface area contributed by atoms with Gasteiger partial charge in [-0.15, -0.1) is 0 Å². The van der Waals surface area contributed by atoms with Crippen molar-refractivity contribution in [3.05, 3.63) is 59.2 Å². The van der Waals surface area contributed by atoms with Crippen LogP contribution in [0.5, 0.6) is 11.5 Å². The van der Waals surface area contributed by atoms with Gasteiger partial charge in [-0.25, -0.2) is 8.42 Å². The van der Waals surface area contributed by atoms with Crippen LogP contribution >= 0.6 is 0 Å². The molecule has 0 radical (unpaired) electrons. The quantitative estimate of drug-likeness (QED) is 0.761. The van der Waals surface area contributed by atoms with E-state index in [2.05, 4.69) is 12.0 Å². The van der Waals surface area contributed by atoms with Gasteiger partial charge in [-0.3, -0.25) is 0 Å². The number of benzene rings is 2. The van der Waals surface area contributed by atoms with Crippen LogP contribution in [0.3, 0.4) is 0 Å². The third kappa shape index (κ3) is 4.08. The molecule has 0 spiro atoms. The van der Waals surface area contributed by atoms with E-state index in [9.17, 15) is 8.42 Å². The fraction of sp³-hybridized carbons (Fsp3) is 0.350. The summed E-state index contributed by atoms with van der Waals surface area (Å²) in [6.45, 7) is 2.10. The lowest BCUT2D eigenvalue weighted by Gasteiger charge is -2.22. The van der Waals surface area contributed by atoms with Gasteiger partial charge in [-0.05, 0) is 35.2 Å². The van der Waals surface area contributed by atoms with Gasteiger partial charge in [-0.1, -0.05) is 31.2 Å². The highest BCUT2D eigenvalue weighted by atomic mass is 32.2. The Balaban J connectivity index is 2.01. The van der Waals surface area contributed by atoms with Crippen molar-refractivity contribution in [1.29, 1.82) is 0 Å². The summed E-state index contributed by atoms with van der Waals surface area (Å²) in [6.07, 6.45) is 2.60. The average molecular weight is 388 g/mol. The second-order valence-corrected chi connectivity index (χ2v) is 8.34. The molecule has 1 aliphatic rings. The van der Waals surface area contributed by atoms with E-state index >= 15 is 0 Å². The first-order valence-corrected chi connectivity index (χ1v) is 10.6. The molecule has 0 aliphatic carbocycles. The number of hydrazone groups is 1. The molecule has 1 atom stereocenters. The smallest absolute Gasteiger partial charge is 0.247 e. The zero-order valence-electron chi connectivity index (χ0n) is 16.0. The highest BCUT2D eigenvalue weighted by molar-refractivity contribution is 7.88. The Hall–Kier alpha value is -2.54. The molecular weight excluding hydrogens is 364 g/mol. The van der Waals surface area contributed by atoms with Crippen LogP contribution in [0.1, 0.15) is 36.1 Å². The molecule has 0 bridgehead atoms. The molecule has 6 nitrogen and oxygen atoms in total. The van der Waals surface area contributed by atoms with Crippen LogP contribution in [0, 0.1) is 0 Å². The number of methoxy groups -OCH3 is 2. The predicted octanol–water partition coefficient (Wildman–Crippen LogP) is 3.38. The number of hydrogen-bond donors (Lipinski definition) is 0. The van der Waals surface area contributed by atoms with Crippen LogP contribution in [0.4, 0.5) is 0 Å². The summed E-state index contributed by atoms with van der Waals surface area (Å²) in [6, 6.07) is 13.0. The summed E-state index contributed by atoms with van der Waals surface area (Å²) in [5, 5.41) is 4.43. The molecule has 2 aromatic rings. The molecule has 0 saturated heterocycles. The molecule has 3 rings (SSSR count). The van der Waals surface area contributed by atoms with Crippen molar-refractivity contribution in [3.8, 4) is 11.5 Å². The predicted molar refractivity (Wildman–Crippen MR) is 106 cm³/mol. The maximum absolute atomic E-state index is 12.4. The number of ether oxygens (including phenoxy) is 2. The van der Waals surface area contributed by atoms with E-state index in [0.717, 1.165) is 23.3 Å². The van der Waals surface area contributed by atoms with E-state index in [1.807, 2.05) is 36.4 Å². The van der Waals surface area contributed by atoms with E-state index in [4.69, 9.17) is 9.47 Å². The number of aryl methyl sites for hydroxylation is 1. The Bertz CT molecular complexity index is 930. The van der Waals surface area contributed by atoms with Crippen LogP contribution < -0.4 is 9.47 Å². The standard InChI is InChI=1S/C20H24N2O4S/c1-5-14-6-8-15(9-7-14)19-13-20(22(21-19)27(4,23)24)16-10-17(25-2)12-18(11-16)26-3/h6-12,20H,5,13H2,1-4H3/t20-/m0/s1. The van der Waals surface area contributed by atoms with E-state index < -0.39 is 16.1 Å². The minimum Gasteiger partial charge on any atom is -0.497 e. The number of rotatable bonds is 6. The van der Waals surface area contributed by atoms with Gasteiger partial charge >= 0.3 is 0 Å².